The second-order valence-corrected chi connectivity index (χ2v) is 11.0. The lowest BCUT2D eigenvalue weighted by atomic mass is 9.97. The molecule has 4 aromatic rings. The highest BCUT2D eigenvalue weighted by Gasteiger charge is 2.38. The van der Waals surface area contributed by atoms with E-state index in [4.69, 9.17) is 14.2 Å². The molecule has 232 valence electrons. The number of hydrogen-bond donors (Lipinski definition) is 1. The molecule has 0 aliphatic carbocycles. The molecule has 4 heterocycles. The zero-order valence-electron chi connectivity index (χ0n) is 24.0. The van der Waals surface area contributed by atoms with Gasteiger partial charge in [-0.25, -0.2) is 19.2 Å². The van der Waals surface area contributed by atoms with Crippen LogP contribution in [0.4, 0.5) is 17.6 Å². The minimum Gasteiger partial charge on any atom is -0.497 e. The Hall–Kier alpha value is -4.23. The number of benzene rings is 2. The summed E-state index contributed by atoms with van der Waals surface area (Å²) >= 11 is 0. The summed E-state index contributed by atoms with van der Waals surface area (Å²) < 4.78 is 75.3. The molecule has 9 nitrogen and oxygen atoms in total. The van der Waals surface area contributed by atoms with Crippen molar-refractivity contribution in [2.24, 2.45) is 0 Å². The van der Waals surface area contributed by atoms with Gasteiger partial charge in [-0.3, -0.25) is 4.90 Å². The van der Waals surface area contributed by atoms with Crippen molar-refractivity contribution in [2.45, 2.75) is 57.8 Å². The average molecular weight is 615 g/mol. The van der Waals surface area contributed by atoms with E-state index in [1.165, 1.54) is 13.2 Å². The number of nitrogens with zero attached hydrogens (tertiary/aromatic N) is 4. The number of carboxylic acid groups (broad SMARTS) is 1. The fourth-order valence-electron chi connectivity index (χ4n) is 5.64. The van der Waals surface area contributed by atoms with E-state index in [0.29, 0.717) is 60.0 Å². The molecule has 1 fully saturated rings. The second kappa shape index (κ2) is 11.7. The van der Waals surface area contributed by atoms with Crippen molar-refractivity contribution in [3.63, 3.8) is 0 Å². The van der Waals surface area contributed by atoms with E-state index in [0.717, 1.165) is 18.6 Å². The van der Waals surface area contributed by atoms with Gasteiger partial charge in [0.15, 0.2) is 5.82 Å². The van der Waals surface area contributed by atoms with Crippen molar-refractivity contribution in [3.8, 4) is 11.6 Å². The largest absolute Gasteiger partial charge is 0.497 e. The van der Waals surface area contributed by atoms with Crippen LogP contribution in [0, 0.1) is 5.82 Å². The Labute approximate surface area is 250 Å². The summed E-state index contributed by atoms with van der Waals surface area (Å²) in [6.07, 6.45) is -3.67. The van der Waals surface area contributed by atoms with Gasteiger partial charge in [-0.05, 0) is 61.2 Å². The van der Waals surface area contributed by atoms with Gasteiger partial charge in [-0.15, -0.1) is 0 Å². The molecule has 1 N–H and O–H groups in total. The number of halogens is 4. The number of imidazole rings is 1. The fraction of sp³-hybridized carbons (Fsp3) is 0.387. The predicted octanol–water partition coefficient (Wildman–Crippen LogP) is 5.78. The molecule has 0 bridgehead atoms. The van der Waals surface area contributed by atoms with Gasteiger partial charge in [0, 0.05) is 13.2 Å². The van der Waals surface area contributed by atoms with E-state index >= 15 is 0 Å². The highest BCUT2D eigenvalue weighted by molar-refractivity contribution is 5.92. The van der Waals surface area contributed by atoms with Crippen LogP contribution in [0.25, 0.3) is 11.0 Å². The molecule has 2 aliphatic heterocycles. The molecular formula is C31H30F4N4O5. The molecule has 6 rings (SSSR count). The number of methoxy groups -OCH3 is 1. The first kappa shape index (κ1) is 29.8. The number of aromatic nitrogens is 3. The first-order valence-corrected chi connectivity index (χ1v) is 14.2. The number of ether oxygens (including phenoxy) is 3. The third-order valence-corrected chi connectivity index (χ3v) is 8.21. The van der Waals surface area contributed by atoms with Gasteiger partial charge in [-0.1, -0.05) is 12.1 Å². The third kappa shape index (κ3) is 5.81. The Bertz CT molecular complexity index is 1700. The summed E-state index contributed by atoms with van der Waals surface area (Å²) in [4.78, 5) is 22.6. The number of carbonyl (C=O) groups is 1. The van der Waals surface area contributed by atoms with Crippen LogP contribution in [0.3, 0.4) is 0 Å². The zero-order valence-corrected chi connectivity index (χ0v) is 24.0. The molecule has 13 heteroatoms. The smallest absolute Gasteiger partial charge is 0.421 e. The number of aromatic carboxylic acids is 1. The zero-order chi connectivity index (χ0) is 31.2. The molecule has 0 spiro atoms. The van der Waals surface area contributed by atoms with Gasteiger partial charge in [0.05, 0.1) is 49.1 Å². The SMILES string of the molecule is COc1ccc(COc2nc3c(cc2C(F)(F)F)CCN(Cc2nc4c(F)cc(C(=O)O)cc4n2C[C@@H]2CCO2)[C@H]3C)cc1. The van der Waals surface area contributed by atoms with Gasteiger partial charge >= 0.3 is 12.1 Å². The van der Waals surface area contributed by atoms with E-state index in [-0.39, 0.29) is 30.3 Å². The standard InChI is InChI=1S/C31H30F4N4O5/c1-17-27-19(11-23(31(33,34)35)29(37-27)44-16-18-3-5-21(42-2)6-4-18)7-9-38(17)15-26-36-28-24(32)12-20(30(40)41)13-25(28)39(26)14-22-8-10-43-22/h3-6,11-13,17,22H,7-10,14-16H2,1-2H3,(H,40,41)/t17-,22-/m0/s1. The van der Waals surface area contributed by atoms with Crippen molar-refractivity contribution >= 4 is 17.0 Å². The number of carboxylic acids is 1. The maximum Gasteiger partial charge on any atom is 0.421 e. The summed E-state index contributed by atoms with van der Waals surface area (Å²) in [6.45, 7) is 3.34. The highest BCUT2D eigenvalue weighted by Crippen LogP contribution is 2.40. The van der Waals surface area contributed by atoms with Crippen LogP contribution in [-0.2, 0) is 37.0 Å². The summed E-state index contributed by atoms with van der Waals surface area (Å²) in [6, 6.07) is 9.85. The molecule has 0 amide bonds. The van der Waals surface area contributed by atoms with E-state index < -0.39 is 35.4 Å². The van der Waals surface area contributed by atoms with Crippen molar-refractivity contribution in [3.05, 3.63) is 82.1 Å². The lowest BCUT2D eigenvalue weighted by molar-refractivity contribution is -0.139. The van der Waals surface area contributed by atoms with Crippen molar-refractivity contribution < 1.29 is 41.7 Å². The Morgan fingerprint density at radius 3 is 2.55 bits per heavy atom. The normalized spacial score (nSPS) is 18.6. The maximum atomic E-state index is 15.0. The van der Waals surface area contributed by atoms with Crippen LogP contribution in [0.5, 0.6) is 11.6 Å². The van der Waals surface area contributed by atoms with Gasteiger partial charge in [0.2, 0.25) is 5.88 Å². The van der Waals surface area contributed by atoms with Crippen LogP contribution in [0.1, 0.15) is 58.0 Å². The summed E-state index contributed by atoms with van der Waals surface area (Å²) in [5, 5.41) is 9.49. The molecule has 2 aliphatic rings. The summed E-state index contributed by atoms with van der Waals surface area (Å²) in [5.74, 6) is -1.39. The molecule has 44 heavy (non-hydrogen) atoms. The average Bonchev–Trinajstić information content (AvgIpc) is 3.32. The first-order valence-electron chi connectivity index (χ1n) is 14.2. The quantitative estimate of drug-likeness (QED) is 0.237. The van der Waals surface area contributed by atoms with E-state index in [1.54, 1.807) is 28.8 Å². The Morgan fingerprint density at radius 1 is 1.16 bits per heavy atom. The number of hydrogen-bond acceptors (Lipinski definition) is 7. The number of rotatable bonds is 9. The van der Waals surface area contributed by atoms with Crippen LogP contribution in [0.2, 0.25) is 0 Å². The molecule has 2 aromatic heterocycles. The highest BCUT2D eigenvalue weighted by atomic mass is 19.4. The van der Waals surface area contributed by atoms with E-state index in [1.807, 2.05) is 11.8 Å². The number of pyridine rings is 1. The Balaban J connectivity index is 1.31. The monoisotopic (exact) mass is 614 g/mol. The third-order valence-electron chi connectivity index (χ3n) is 8.21. The molecule has 1 saturated heterocycles. The fourth-order valence-corrected chi connectivity index (χ4v) is 5.64. The number of alkyl halides is 3. The van der Waals surface area contributed by atoms with Crippen molar-refractivity contribution in [2.75, 3.05) is 20.3 Å². The van der Waals surface area contributed by atoms with Crippen LogP contribution < -0.4 is 9.47 Å². The summed E-state index contributed by atoms with van der Waals surface area (Å²) in [5.41, 5.74) is 0.865. The molecule has 0 unspecified atom stereocenters. The molecular weight excluding hydrogens is 584 g/mol. The molecule has 0 radical (unpaired) electrons. The van der Waals surface area contributed by atoms with Crippen molar-refractivity contribution in [1.29, 1.82) is 0 Å². The van der Waals surface area contributed by atoms with Crippen LogP contribution >= 0.6 is 0 Å². The molecule has 2 atom stereocenters. The van der Waals surface area contributed by atoms with Gasteiger partial charge in [-0.2, -0.15) is 13.2 Å². The van der Waals surface area contributed by atoms with Gasteiger partial charge in [0.25, 0.3) is 0 Å². The first-order chi connectivity index (χ1) is 21.0. The second-order valence-electron chi connectivity index (χ2n) is 11.0. The predicted molar refractivity (Wildman–Crippen MR) is 150 cm³/mol. The molecule has 2 aromatic carbocycles. The Kier molecular flexibility index (Phi) is 7.93. The maximum absolute atomic E-state index is 15.0. The van der Waals surface area contributed by atoms with Gasteiger partial charge < -0.3 is 23.9 Å². The van der Waals surface area contributed by atoms with Crippen LogP contribution in [0.15, 0.2) is 42.5 Å². The topological polar surface area (TPSA) is 98.9 Å². The Morgan fingerprint density at radius 2 is 1.91 bits per heavy atom. The van der Waals surface area contributed by atoms with Crippen molar-refractivity contribution in [1.82, 2.24) is 19.4 Å². The van der Waals surface area contributed by atoms with Crippen LogP contribution in [-0.4, -0.2) is 56.9 Å². The lowest BCUT2D eigenvalue weighted by Crippen LogP contribution is -2.36. The van der Waals surface area contributed by atoms with E-state index in [9.17, 15) is 27.5 Å². The minimum atomic E-state index is -4.66. The summed E-state index contributed by atoms with van der Waals surface area (Å²) in [7, 11) is 1.52. The number of fused-ring (bicyclic) bond motifs is 2. The van der Waals surface area contributed by atoms with Gasteiger partial charge in [0.1, 0.15) is 29.3 Å². The molecule has 0 saturated carbocycles. The van der Waals surface area contributed by atoms with E-state index in [2.05, 4.69) is 9.97 Å². The minimum absolute atomic E-state index is 0.0524. The lowest BCUT2D eigenvalue weighted by Gasteiger charge is -2.35.